The van der Waals surface area contributed by atoms with Gasteiger partial charge in [0.15, 0.2) is 0 Å². The van der Waals surface area contributed by atoms with E-state index in [1.165, 1.54) is 0 Å². The molecule has 1 aromatic carbocycles. The van der Waals surface area contributed by atoms with E-state index in [4.69, 9.17) is 17.3 Å². The van der Waals surface area contributed by atoms with Crippen LogP contribution in [0.2, 0.25) is 5.02 Å². The fourth-order valence-corrected chi connectivity index (χ4v) is 1.77. The summed E-state index contributed by atoms with van der Waals surface area (Å²) in [5, 5.41) is 5.00. The fraction of sp³-hybridized carbons (Fsp3) is 0.182. The van der Waals surface area contributed by atoms with Crippen LogP contribution in [-0.4, -0.2) is 9.78 Å². The first kappa shape index (κ1) is 10.1. The standard InChI is InChI=1S/C11H12ClN3/c1-7-5-8(2)15(14-7)11-4-3-9(12)6-10(11)13/h3-6H,13H2,1-2H3. The number of nitrogen functional groups attached to an aromatic ring is 1. The molecule has 0 saturated carbocycles. The van der Waals surface area contributed by atoms with Crippen molar-refractivity contribution < 1.29 is 0 Å². The summed E-state index contributed by atoms with van der Waals surface area (Å²) in [6.45, 7) is 3.95. The Bertz CT molecular complexity index is 503. The summed E-state index contributed by atoms with van der Waals surface area (Å²) < 4.78 is 1.82. The Morgan fingerprint density at radius 3 is 2.53 bits per heavy atom. The van der Waals surface area contributed by atoms with Crippen LogP contribution in [0.15, 0.2) is 24.3 Å². The molecule has 0 aliphatic rings. The second kappa shape index (κ2) is 3.59. The first-order valence-corrected chi connectivity index (χ1v) is 5.04. The second-order valence-corrected chi connectivity index (χ2v) is 3.98. The third-order valence-corrected chi connectivity index (χ3v) is 2.46. The average molecular weight is 222 g/mol. The van der Waals surface area contributed by atoms with E-state index in [1.807, 2.05) is 36.7 Å². The molecule has 4 heteroatoms. The maximum absolute atomic E-state index is 5.89. The number of anilines is 1. The van der Waals surface area contributed by atoms with Gasteiger partial charge >= 0.3 is 0 Å². The maximum Gasteiger partial charge on any atom is 0.0879 e. The summed E-state index contributed by atoms with van der Waals surface area (Å²) in [4.78, 5) is 0. The lowest BCUT2D eigenvalue weighted by atomic mass is 10.2. The number of rotatable bonds is 1. The molecule has 0 aliphatic heterocycles. The highest BCUT2D eigenvalue weighted by Crippen LogP contribution is 2.22. The Hall–Kier alpha value is -1.48. The molecule has 78 valence electrons. The zero-order valence-corrected chi connectivity index (χ0v) is 9.42. The predicted octanol–water partition coefficient (Wildman–Crippen LogP) is 2.72. The van der Waals surface area contributed by atoms with Crippen LogP contribution in [0.5, 0.6) is 0 Å². The molecule has 0 amide bonds. The van der Waals surface area contributed by atoms with Gasteiger partial charge in [-0.25, -0.2) is 4.68 Å². The van der Waals surface area contributed by atoms with Crippen molar-refractivity contribution in [1.82, 2.24) is 9.78 Å². The van der Waals surface area contributed by atoms with E-state index in [1.54, 1.807) is 6.07 Å². The zero-order valence-electron chi connectivity index (χ0n) is 8.66. The van der Waals surface area contributed by atoms with Gasteiger partial charge in [0.2, 0.25) is 0 Å². The molecule has 2 N–H and O–H groups in total. The van der Waals surface area contributed by atoms with Crippen molar-refractivity contribution >= 4 is 17.3 Å². The minimum atomic E-state index is 0.633. The molecule has 0 unspecified atom stereocenters. The molecule has 0 atom stereocenters. The van der Waals surface area contributed by atoms with E-state index in [0.29, 0.717) is 10.7 Å². The van der Waals surface area contributed by atoms with Crippen molar-refractivity contribution in [3.05, 3.63) is 40.7 Å². The van der Waals surface area contributed by atoms with Gasteiger partial charge in [0.1, 0.15) is 0 Å². The lowest BCUT2D eigenvalue weighted by molar-refractivity contribution is 0.836. The molecular formula is C11H12ClN3. The van der Waals surface area contributed by atoms with Crippen LogP contribution in [0, 0.1) is 13.8 Å². The van der Waals surface area contributed by atoms with Gasteiger partial charge in [-0.05, 0) is 38.1 Å². The summed E-state index contributed by atoms with van der Waals surface area (Å²) in [7, 11) is 0. The Kier molecular flexibility index (Phi) is 2.40. The Morgan fingerprint density at radius 2 is 2.00 bits per heavy atom. The molecule has 0 spiro atoms. The van der Waals surface area contributed by atoms with Crippen LogP contribution in [0.4, 0.5) is 5.69 Å². The fourth-order valence-electron chi connectivity index (χ4n) is 1.59. The first-order valence-electron chi connectivity index (χ1n) is 4.66. The Labute approximate surface area is 93.5 Å². The molecule has 0 radical (unpaired) electrons. The van der Waals surface area contributed by atoms with Crippen molar-refractivity contribution in [2.45, 2.75) is 13.8 Å². The molecule has 1 heterocycles. The SMILES string of the molecule is Cc1cc(C)n(-c2ccc(Cl)cc2N)n1. The quantitative estimate of drug-likeness (QED) is 0.753. The Balaban J connectivity index is 2.59. The third kappa shape index (κ3) is 1.83. The van der Waals surface area contributed by atoms with E-state index in [0.717, 1.165) is 17.1 Å². The van der Waals surface area contributed by atoms with Crippen molar-refractivity contribution in [3.63, 3.8) is 0 Å². The molecule has 2 rings (SSSR count). The average Bonchev–Trinajstić information content (AvgIpc) is 2.45. The van der Waals surface area contributed by atoms with Gasteiger partial charge in [-0.15, -0.1) is 0 Å². The van der Waals surface area contributed by atoms with Crippen molar-refractivity contribution in [2.24, 2.45) is 0 Å². The minimum absolute atomic E-state index is 0.633. The lowest BCUT2D eigenvalue weighted by Crippen LogP contribution is -2.03. The number of nitrogens with zero attached hydrogens (tertiary/aromatic N) is 2. The van der Waals surface area contributed by atoms with Crippen LogP contribution in [0.25, 0.3) is 5.69 Å². The zero-order chi connectivity index (χ0) is 11.0. The molecule has 3 nitrogen and oxygen atoms in total. The van der Waals surface area contributed by atoms with Gasteiger partial charge in [0.05, 0.1) is 17.1 Å². The topological polar surface area (TPSA) is 43.8 Å². The van der Waals surface area contributed by atoms with Crippen LogP contribution in [0.1, 0.15) is 11.4 Å². The van der Waals surface area contributed by atoms with Crippen LogP contribution < -0.4 is 5.73 Å². The highest BCUT2D eigenvalue weighted by molar-refractivity contribution is 6.30. The Morgan fingerprint density at radius 1 is 1.27 bits per heavy atom. The number of halogens is 1. The van der Waals surface area contributed by atoms with E-state index in [2.05, 4.69) is 5.10 Å². The van der Waals surface area contributed by atoms with Gasteiger partial charge in [-0.1, -0.05) is 11.6 Å². The number of hydrogen-bond acceptors (Lipinski definition) is 2. The molecule has 15 heavy (non-hydrogen) atoms. The summed E-state index contributed by atoms with van der Waals surface area (Å²) in [5.41, 5.74) is 9.42. The number of hydrogen-bond donors (Lipinski definition) is 1. The lowest BCUT2D eigenvalue weighted by Gasteiger charge is -2.07. The van der Waals surface area contributed by atoms with E-state index >= 15 is 0 Å². The van der Waals surface area contributed by atoms with Crippen LogP contribution in [-0.2, 0) is 0 Å². The molecule has 1 aromatic heterocycles. The van der Waals surface area contributed by atoms with Crippen LogP contribution >= 0.6 is 11.6 Å². The van der Waals surface area contributed by atoms with Gasteiger partial charge in [0.25, 0.3) is 0 Å². The summed E-state index contributed by atoms with van der Waals surface area (Å²) in [6, 6.07) is 7.42. The van der Waals surface area contributed by atoms with Crippen LogP contribution in [0.3, 0.4) is 0 Å². The van der Waals surface area contributed by atoms with Crippen molar-refractivity contribution in [1.29, 1.82) is 0 Å². The first-order chi connectivity index (χ1) is 7.08. The molecular weight excluding hydrogens is 210 g/mol. The van der Waals surface area contributed by atoms with Gasteiger partial charge in [0, 0.05) is 10.7 Å². The minimum Gasteiger partial charge on any atom is -0.397 e. The number of aromatic nitrogens is 2. The van der Waals surface area contributed by atoms with Crippen molar-refractivity contribution in [2.75, 3.05) is 5.73 Å². The van der Waals surface area contributed by atoms with E-state index in [9.17, 15) is 0 Å². The van der Waals surface area contributed by atoms with Gasteiger partial charge < -0.3 is 5.73 Å². The van der Waals surface area contributed by atoms with Gasteiger partial charge in [-0.3, -0.25) is 0 Å². The summed E-state index contributed by atoms with van der Waals surface area (Å²) >= 11 is 5.84. The highest BCUT2D eigenvalue weighted by atomic mass is 35.5. The molecule has 0 fully saturated rings. The summed E-state index contributed by atoms with van der Waals surface area (Å²) in [5.74, 6) is 0. The molecule has 0 bridgehead atoms. The monoisotopic (exact) mass is 221 g/mol. The summed E-state index contributed by atoms with van der Waals surface area (Å²) in [6.07, 6.45) is 0. The molecule has 0 saturated heterocycles. The molecule has 2 aromatic rings. The third-order valence-electron chi connectivity index (χ3n) is 2.23. The number of nitrogens with two attached hydrogens (primary N) is 1. The van der Waals surface area contributed by atoms with Crippen molar-refractivity contribution in [3.8, 4) is 5.69 Å². The smallest absolute Gasteiger partial charge is 0.0879 e. The largest absolute Gasteiger partial charge is 0.397 e. The number of aryl methyl sites for hydroxylation is 2. The van der Waals surface area contributed by atoms with E-state index < -0.39 is 0 Å². The molecule has 0 aliphatic carbocycles. The van der Waals surface area contributed by atoms with Gasteiger partial charge in [-0.2, -0.15) is 5.10 Å². The second-order valence-electron chi connectivity index (χ2n) is 3.54. The highest BCUT2D eigenvalue weighted by Gasteiger charge is 2.06. The maximum atomic E-state index is 5.89. The predicted molar refractivity (Wildman–Crippen MR) is 62.5 cm³/mol. The van der Waals surface area contributed by atoms with E-state index in [-0.39, 0.29) is 0 Å². The normalized spacial score (nSPS) is 10.6. The number of benzene rings is 1.